The molecule has 2 heterocycles. The number of aromatic nitrogens is 2. The maximum absolute atomic E-state index is 4.94. The molecule has 1 aliphatic rings. The van der Waals surface area contributed by atoms with Gasteiger partial charge >= 0.3 is 18.9 Å². The van der Waals surface area contributed by atoms with Crippen LogP contribution in [0.2, 0.25) is 0 Å². The summed E-state index contributed by atoms with van der Waals surface area (Å²) in [4.78, 5) is 0. The van der Waals surface area contributed by atoms with Gasteiger partial charge in [0.1, 0.15) is 0 Å². The quantitative estimate of drug-likeness (QED) is 0.664. The predicted molar refractivity (Wildman–Crippen MR) is 77.5 cm³/mol. The Morgan fingerprint density at radius 1 is 1.00 bits per heavy atom. The summed E-state index contributed by atoms with van der Waals surface area (Å²) in [5, 5.41) is 8.49. The van der Waals surface area contributed by atoms with Crippen LogP contribution in [-0.4, -0.2) is 18.3 Å². The Labute approximate surface area is 131 Å². The van der Waals surface area contributed by atoms with Gasteiger partial charge in [-0.25, -0.2) is 0 Å². The van der Waals surface area contributed by atoms with Gasteiger partial charge in [0.15, 0.2) is 0 Å². The minimum Gasteiger partial charge on any atom is -0.574 e. The fourth-order valence-electron chi connectivity index (χ4n) is 1.39. The van der Waals surface area contributed by atoms with E-state index in [9.17, 15) is 0 Å². The standard InChI is InChI=1S/C10H18N2P.C4H8O.Li/c1-9(2,3)7-11-12-8(13-7)10(4,5)6;1-2-4-5-3-1;/h1-6H3;1-4H2;/q-1;;+1. The van der Waals surface area contributed by atoms with Crippen LogP contribution < -0.4 is 24.0 Å². The third-order valence-corrected chi connectivity index (χ3v) is 4.56. The summed E-state index contributed by atoms with van der Waals surface area (Å²) in [7, 11) is 1.21. The van der Waals surface area contributed by atoms with E-state index < -0.39 is 0 Å². The minimum absolute atomic E-state index is 0. The number of ether oxygens (including phenoxy) is 1. The van der Waals surface area contributed by atoms with Crippen molar-refractivity contribution in [1.29, 1.82) is 0 Å². The molecule has 0 N–H and O–H groups in total. The summed E-state index contributed by atoms with van der Waals surface area (Å²) >= 11 is 0. The molecular formula is C14H26LiN2OP. The van der Waals surface area contributed by atoms with Crippen molar-refractivity contribution in [1.82, 2.24) is 10.2 Å². The van der Waals surface area contributed by atoms with Crippen molar-refractivity contribution in [3.63, 3.8) is 0 Å². The Hall–Kier alpha value is 0.197. The van der Waals surface area contributed by atoms with Crippen molar-refractivity contribution in [2.75, 3.05) is 13.2 Å². The number of hydrogen-bond donors (Lipinski definition) is 0. The first-order chi connectivity index (χ1) is 8.21. The molecule has 2 rings (SSSR count). The topological polar surface area (TPSA) is 36.2 Å². The van der Waals surface area contributed by atoms with Crippen LogP contribution in [0.1, 0.15) is 65.2 Å². The van der Waals surface area contributed by atoms with Crippen LogP contribution in [0.15, 0.2) is 0 Å². The second-order valence-electron chi connectivity index (χ2n) is 6.78. The molecule has 19 heavy (non-hydrogen) atoms. The van der Waals surface area contributed by atoms with Crippen molar-refractivity contribution in [2.45, 2.75) is 65.2 Å². The van der Waals surface area contributed by atoms with Gasteiger partial charge in [-0.05, 0) is 18.3 Å². The smallest absolute Gasteiger partial charge is 0.574 e. The van der Waals surface area contributed by atoms with Crippen molar-refractivity contribution in [2.24, 2.45) is 0 Å². The van der Waals surface area contributed by atoms with Gasteiger partial charge < -0.3 is 14.9 Å². The molecule has 0 aromatic carbocycles. The van der Waals surface area contributed by atoms with Crippen LogP contribution >= 0.6 is 8.19 Å². The van der Waals surface area contributed by atoms with E-state index in [0.717, 1.165) is 13.2 Å². The molecule has 0 amide bonds. The van der Waals surface area contributed by atoms with Crippen LogP contribution in [-0.2, 0) is 15.6 Å². The molecule has 0 unspecified atom stereocenters. The molecule has 1 aromatic heterocycles. The fourth-order valence-corrected chi connectivity index (χ4v) is 2.44. The number of rotatable bonds is 0. The van der Waals surface area contributed by atoms with Gasteiger partial charge in [0.25, 0.3) is 0 Å². The molecule has 0 atom stereocenters. The van der Waals surface area contributed by atoms with Crippen molar-refractivity contribution >= 4 is 8.19 Å². The van der Waals surface area contributed by atoms with Crippen molar-refractivity contribution in [3.05, 3.63) is 10.9 Å². The fraction of sp³-hybridized carbons (Fsp3) is 0.857. The predicted octanol–water partition coefficient (Wildman–Crippen LogP) is 1.01. The van der Waals surface area contributed by atoms with Gasteiger partial charge in [0.05, 0.1) is 0 Å². The Bertz CT molecular complexity index is 326. The van der Waals surface area contributed by atoms with E-state index >= 15 is 0 Å². The molecule has 1 aliphatic heterocycles. The number of nitrogens with zero attached hydrogens (tertiary/aromatic N) is 2. The third kappa shape index (κ3) is 6.96. The summed E-state index contributed by atoms with van der Waals surface area (Å²) in [6.07, 6.45) is 2.56. The van der Waals surface area contributed by atoms with Crippen LogP contribution in [0.3, 0.4) is 0 Å². The molecule has 0 spiro atoms. The van der Waals surface area contributed by atoms with Crippen LogP contribution in [0, 0.1) is 0 Å². The molecule has 0 aliphatic carbocycles. The Morgan fingerprint density at radius 2 is 1.53 bits per heavy atom. The SMILES string of the molecule is C1CCOC1.CC(C)(C)c1n[n-]c(C(C)(C)C)p1.[Li+]. The summed E-state index contributed by atoms with van der Waals surface area (Å²) < 4.78 is 4.94. The molecule has 0 bridgehead atoms. The van der Waals surface area contributed by atoms with Crippen LogP contribution in [0.25, 0.3) is 0 Å². The van der Waals surface area contributed by atoms with Gasteiger partial charge in [-0.2, -0.15) is 0 Å². The molecule has 1 fully saturated rings. The van der Waals surface area contributed by atoms with E-state index in [1.54, 1.807) is 0 Å². The Kier molecular flexibility index (Phi) is 7.92. The first-order valence-corrected chi connectivity index (χ1v) is 7.57. The van der Waals surface area contributed by atoms with Crippen molar-refractivity contribution < 1.29 is 23.6 Å². The molecule has 3 nitrogen and oxygen atoms in total. The maximum Gasteiger partial charge on any atom is 1.00 e. The van der Waals surface area contributed by atoms with Crippen molar-refractivity contribution in [3.8, 4) is 0 Å². The van der Waals surface area contributed by atoms with E-state index in [1.807, 2.05) is 0 Å². The van der Waals surface area contributed by atoms with Crippen LogP contribution in [0.4, 0.5) is 0 Å². The normalized spacial score (nSPS) is 15.9. The molecule has 1 saturated heterocycles. The average molecular weight is 276 g/mol. The summed E-state index contributed by atoms with van der Waals surface area (Å²) in [5.41, 5.74) is 2.66. The van der Waals surface area contributed by atoms with Gasteiger partial charge in [0.2, 0.25) is 0 Å². The van der Waals surface area contributed by atoms with Crippen LogP contribution in [0.5, 0.6) is 0 Å². The first kappa shape index (κ1) is 19.2. The Morgan fingerprint density at radius 3 is 1.74 bits per heavy atom. The summed E-state index contributed by atoms with van der Waals surface area (Å²) in [5.74, 6) is 0. The zero-order chi connectivity index (χ0) is 13.8. The van der Waals surface area contributed by atoms with Gasteiger partial charge in [-0.1, -0.05) is 49.7 Å². The maximum atomic E-state index is 4.94. The van der Waals surface area contributed by atoms with E-state index in [-0.39, 0.29) is 29.7 Å². The largest absolute Gasteiger partial charge is 1.00 e. The monoisotopic (exact) mass is 276 g/mol. The number of hydrogen-bond acceptors (Lipinski definition) is 2. The minimum atomic E-state index is 0. The molecule has 5 heteroatoms. The first-order valence-electron chi connectivity index (χ1n) is 6.67. The second kappa shape index (κ2) is 7.84. The molecule has 104 valence electrons. The zero-order valence-electron chi connectivity index (χ0n) is 13.6. The van der Waals surface area contributed by atoms with E-state index in [2.05, 4.69) is 51.7 Å². The Balaban J connectivity index is 0.000000454. The summed E-state index contributed by atoms with van der Waals surface area (Å²) in [6, 6.07) is 0. The zero-order valence-corrected chi connectivity index (χ0v) is 14.5. The molecule has 1 aromatic rings. The van der Waals surface area contributed by atoms with Gasteiger partial charge in [-0.3, -0.25) is 0 Å². The van der Waals surface area contributed by atoms with E-state index in [1.165, 1.54) is 31.9 Å². The van der Waals surface area contributed by atoms with E-state index in [4.69, 9.17) is 4.74 Å². The third-order valence-electron chi connectivity index (χ3n) is 2.62. The van der Waals surface area contributed by atoms with Gasteiger partial charge in [0, 0.05) is 24.1 Å². The molecular weight excluding hydrogens is 250 g/mol. The molecule has 0 radical (unpaired) electrons. The molecule has 0 saturated carbocycles. The second-order valence-corrected chi connectivity index (χ2v) is 7.85. The summed E-state index contributed by atoms with van der Waals surface area (Å²) in [6.45, 7) is 15.1. The van der Waals surface area contributed by atoms with Gasteiger partial charge in [-0.15, -0.1) is 5.43 Å². The average Bonchev–Trinajstić information content (AvgIpc) is 2.91. The van der Waals surface area contributed by atoms with E-state index in [0.29, 0.717) is 0 Å².